The zero-order valence-electron chi connectivity index (χ0n) is 15.7. The van der Waals surface area contributed by atoms with Gasteiger partial charge in [-0.3, -0.25) is 9.59 Å². The molecule has 2 rings (SSSR count). The Kier molecular flexibility index (Phi) is 7.63. The van der Waals surface area contributed by atoms with Gasteiger partial charge < -0.3 is 24.8 Å². The van der Waals surface area contributed by atoms with Gasteiger partial charge >= 0.3 is 0 Å². The van der Waals surface area contributed by atoms with Crippen LogP contribution in [-0.2, 0) is 4.74 Å². The largest absolute Gasteiger partial charge is 0.497 e. The Morgan fingerprint density at radius 2 is 1.56 bits per heavy atom. The summed E-state index contributed by atoms with van der Waals surface area (Å²) in [5.74, 6) is 0.640. The first-order valence-corrected chi connectivity index (χ1v) is 8.49. The minimum Gasteiger partial charge on any atom is -0.497 e. The minimum atomic E-state index is -0.300. The number of carbonyl (C=O) groups is 2. The highest BCUT2D eigenvalue weighted by atomic mass is 16.5. The van der Waals surface area contributed by atoms with E-state index in [4.69, 9.17) is 14.2 Å². The molecule has 0 saturated heterocycles. The monoisotopic (exact) mass is 372 g/mol. The number of hydrogen-bond acceptors (Lipinski definition) is 5. The number of ether oxygens (including phenoxy) is 3. The molecule has 0 aliphatic heterocycles. The maximum absolute atomic E-state index is 12.4. The molecule has 0 aliphatic carbocycles. The van der Waals surface area contributed by atoms with E-state index in [-0.39, 0.29) is 11.8 Å². The molecule has 7 nitrogen and oxygen atoms in total. The lowest BCUT2D eigenvalue weighted by Gasteiger charge is -2.12. The normalized spacial score (nSPS) is 10.2. The standard InChI is InChI=1S/C20H24N2O5/c1-25-12-4-11-21-19(23)14-5-7-15(8-6-14)20(24)22-17-10-9-16(26-2)13-18(17)27-3/h5-10,13H,4,11-12H2,1-3H3,(H,21,23)(H,22,24). The van der Waals surface area contributed by atoms with Crippen molar-refractivity contribution < 1.29 is 23.8 Å². The molecule has 2 N–H and O–H groups in total. The smallest absolute Gasteiger partial charge is 0.255 e. The molecule has 144 valence electrons. The van der Waals surface area contributed by atoms with E-state index in [1.807, 2.05) is 0 Å². The average molecular weight is 372 g/mol. The molecule has 0 heterocycles. The summed E-state index contributed by atoms with van der Waals surface area (Å²) in [6, 6.07) is 11.6. The molecule has 2 aromatic rings. The van der Waals surface area contributed by atoms with E-state index >= 15 is 0 Å². The van der Waals surface area contributed by atoms with Gasteiger partial charge in [0.15, 0.2) is 0 Å². The van der Waals surface area contributed by atoms with E-state index in [9.17, 15) is 9.59 Å². The predicted octanol–water partition coefficient (Wildman–Crippen LogP) is 2.72. The van der Waals surface area contributed by atoms with Crippen LogP contribution in [0.4, 0.5) is 5.69 Å². The molecule has 0 bridgehead atoms. The molecule has 2 aromatic carbocycles. The van der Waals surface area contributed by atoms with Gasteiger partial charge in [0, 0.05) is 37.5 Å². The first kappa shape index (κ1) is 20.3. The Morgan fingerprint density at radius 3 is 2.15 bits per heavy atom. The van der Waals surface area contributed by atoms with Crippen molar-refractivity contribution >= 4 is 17.5 Å². The Hall–Kier alpha value is -3.06. The molecule has 0 unspecified atom stereocenters. The fourth-order valence-electron chi connectivity index (χ4n) is 2.39. The summed E-state index contributed by atoms with van der Waals surface area (Å²) >= 11 is 0. The van der Waals surface area contributed by atoms with Crippen LogP contribution in [0.1, 0.15) is 27.1 Å². The molecule has 7 heteroatoms. The number of nitrogens with one attached hydrogen (secondary N) is 2. The fraction of sp³-hybridized carbons (Fsp3) is 0.300. The van der Waals surface area contributed by atoms with Crippen molar-refractivity contribution in [2.75, 3.05) is 39.8 Å². The summed E-state index contributed by atoms with van der Waals surface area (Å²) in [6.45, 7) is 1.13. The second kappa shape index (κ2) is 10.2. The lowest BCUT2D eigenvalue weighted by Crippen LogP contribution is -2.25. The zero-order valence-corrected chi connectivity index (χ0v) is 15.7. The molecular formula is C20H24N2O5. The molecule has 0 fully saturated rings. The van der Waals surface area contributed by atoms with Crippen LogP contribution in [0, 0.1) is 0 Å². The highest BCUT2D eigenvalue weighted by Crippen LogP contribution is 2.29. The number of amides is 2. The Morgan fingerprint density at radius 1 is 0.889 bits per heavy atom. The number of benzene rings is 2. The van der Waals surface area contributed by atoms with Crippen molar-refractivity contribution in [3.8, 4) is 11.5 Å². The maximum Gasteiger partial charge on any atom is 0.255 e. The van der Waals surface area contributed by atoms with Gasteiger partial charge in [0.2, 0.25) is 0 Å². The summed E-state index contributed by atoms with van der Waals surface area (Å²) in [6.07, 6.45) is 0.742. The number of hydrogen-bond donors (Lipinski definition) is 2. The minimum absolute atomic E-state index is 0.185. The van der Waals surface area contributed by atoms with Crippen LogP contribution in [0.25, 0.3) is 0 Å². The van der Waals surface area contributed by atoms with Gasteiger partial charge in [-0.15, -0.1) is 0 Å². The lowest BCUT2D eigenvalue weighted by molar-refractivity contribution is 0.0947. The van der Waals surface area contributed by atoms with Gasteiger partial charge in [0.25, 0.3) is 11.8 Å². The first-order valence-electron chi connectivity index (χ1n) is 8.49. The number of rotatable bonds is 9. The van der Waals surface area contributed by atoms with Gasteiger partial charge in [0.05, 0.1) is 19.9 Å². The third-order valence-corrected chi connectivity index (χ3v) is 3.88. The quantitative estimate of drug-likeness (QED) is 0.661. The van der Waals surface area contributed by atoms with Crippen LogP contribution in [0.3, 0.4) is 0 Å². The van der Waals surface area contributed by atoms with E-state index < -0.39 is 0 Å². The fourth-order valence-corrected chi connectivity index (χ4v) is 2.39. The summed E-state index contributed by atoms with van der Waals surface area (Å²) in [5, 5.41) is 5.59. The van der Waals surface area contributed by atoms with Crippen molar-refractivity contribution in [2.24, 2.45) is 0 Å². The third kappa shape index (κ3) is 5.72. The summed E-state index contributed by atoms with van der Waals surface area (Å²) < 4.78 is 15.4. The molecule has 0 spiro atoms. The van der Waals surface area contributed by atoms with Gasteiger partial charge in [-0.25, -0.2) is 0 Å². The van der Waals surface area contributed by atoms with Crippen LogP contribution in [-0.4, -0.2) is 46.3 Å². The highest BCUT2D eigenvalue weighted by molar-refractivity contribution is 6.05. The van der Waals surface area contributed by atoms with Crippen LogP contribution < -0.4 is 20.1 Å². The third-order valence-electron chi connectivity index (χ3n) is 3.88. The van der Waals surface area contributed by atoms with Crippen molar-refractivity contribution in [2.45, 2.75) is 6.42 Å². The topological polar surface area (TPSA) is 85.9 Å². The Balaban J connectivity index is 2.00. The summed E-state index contributed by atoms with van der Waals surface area (Å²) in [7, 11) is 4.69. The van der Waals surface area contributed by atoms with E-state index in [2.05, 4.69) is 10.6 Å². The molecule has 0 aliphatic rings. The van der Waals surface area contributed by atoms with Crippen LogP contribution >= 0.6 is 0 Å². The second-order valence-corrected chi connectivity index (χ2v) is 5.70. The first-order chi connectivity index (χ1) is 13.1. The van der Waals surface area contributed by atoms with E-state index in [0.717, 1.165) is 6.42 Å². The van der Waals surface area contributed by atoms with E-state index in [1.54, 1.807) is 56.7 Å². The molecule has 0 atom stereocenters. The highest BCUT2D eigenvalue weighted by Gasteiger charge is 2.12. The van der Waals surface area contributed by atoms with Crippen molar-refractivity contribution in [1.29, 1.82) is 0 Å². The molecule has 27 heavy (non-hydrogen) atoms. The molecule has 2 amide bonds. The van der Waals surface area contributed by atoms with E-state index in [1.165, 1.54) is 7.11 Å². The number of carbonyl (C=O) groups excluding carboxylic acids is 2. The number of methoxy groups -OCH3 is 3. The van der Waals surface area contributed by atoms with Crippen LogP contribution in [0.2, 0.25) is 0 Å². The zero-order chi connectivity index (χ0) is 19.6. The molecular weight excluding hydrogens is 348 g/mol. The average Bonchev–Trinajstić information content (AvgIpc) is 2.71. The summed E-state index contributed by atoms with van der Waals surface area (Å²) in [5.41, 5.74) is 1.46. The maximum atomic E-state index is 12.4. The summed E-state index contributed by atoms with van der Waals surface area (Å²) in [4.78, 5) is 24.5. The van der Waals surface area contributed by atoms with Crippen molar-refractivity contribution in [3.63, 3.8) is 0 Å². The SMILES string of the molecule is COCCCNC(=O)c1ccc(C(=O)Nc2ccc(OC)cc2OC)cc1. The molecule has 0 aromatic heterocycles. The van der Waals surface area contributed by atoms with Crippen molar-refractivity contribution in [3.05, 3.63) is 53.6 Å². The van der Waals surface area contributed by atoms with Gasteiger partial charge in [-0.1, -0.05) is 0 Å². The Labute approximate surface area is 158 Å². The van der Waals surface area contributed by atoms with Gasteiger partial charge in [-0.05, 0) is 42.8 Å². The second-order valence-electron chi connectivity index (χ2n) is 5.70. The lowest BCUT2D eigenvalue weighted by atomic mass is 10.1. The van der Waals surface area contributed by atoms with Crippen molar-refractivity contribution in [1.82, 2.24) is 5.32 Å². The molecule has 0 radical (unpaired) electrons. The van der Waals surface area contributed by atoms with Gasteiger partial charge in [0.1, 0.15) is 11.5 Å². The van der Waals surface area contributed by atoms with Crippen LogP contribution in [0.5, 0.6) is 11.5 Å². The molecule has 0 saturated carbocycles. The number of anilines is 1. The van der Waals surface area contributed by atoms with Gasteiger partial charge in [-0.2, -0.15) is 0 Å². The predicted molar refractivity (Wildman–Crippen MR) is 103 cm³/mol. The Bertz CT molecular complexity index is 774. The van der Waals surface area contributed by atoms with E-state index in [0.29, 0.717) is 41.5 Å². The van der Waals surface area contributed by atoms with Crippen LogP contribution in [0.15, 0.2) is 42.5 Å².